The van der Waals surface area contributed by atoms with E-state index in [0.717, 1.165) is 89.4 Å². The average molecular weight is 732 g/mol. The summed E-state index contributed by atoms with van der Waals surface area (Å²) in [6.45, 7) is 0.599. The molecule has 4 aromatic carbocycles. The van der Waals surface area contributed by atoms with E-state index in [1.54, 1.807) is 0 Å². The van der Waals surface area contributed by atoms with E-state index in [0.29, 0.717) is 18.9 Å². The highest BCUT2D eigenvalue weighted by atomic mass is 16.5. The minimum absolute atomic E-state index is 0.122. The lowest BCUT2D eigenvalue weighted by atomic mass is 10.0. The van der Waals surface area contributed by atoms with Crippen molar-refractivity contribution in [3.05, 3.63) is 162 Å². The van der Waals surface area contributed by atoms with Crippen LogP contribution >= 0.6 is 0 Å². The molecule has 2 aliphatic heterocycles. The van der Waals surface area contributed by atoms with Crippen molar-refractivity contribution in [2.24, 2.45) is 0 Å². The van der Waals surface area contributed by atoms with Gasteiger partial charge >= 0.3 is 5.97 Å². The van der Waals surface area contributed by atoms with E-state index in [2.05, 4.69) is 118 Å². The molecule has 0 saturated carbocycles. The molecule has 7 aromatic rings. The van der Waals surface area contributed by atoms with Crippen molar-refractivity contribution in [1.82, 2.24) is 25.3 Å². The number of H-pyrrole nitrogens is 2. The summed E-state index contributed by atoms with van der Waals surface area (Å²) in [4.78, 5) is 29.3. The van der Waals surface area contributed by atoms with Crippen molar-refractivity contribution in [2.75, 3.05) is 19.7 Å². The van der Waals surface area contributed by atoms with Crippen LogP contribution in [0.1, 0.15) is 22.8 Å². The molecule has 8 heteroatoms. The Hall–Kier alpha value is -7.29. The van der Waals surface area contributed by atoms with Crippen LogP contribution in [0.5, 0.6) is 5.75 Å². The largest absolute Gasteiger partial charge is 0.492 e. The minimum Gasteiger partial charge on any atom is -0.492 e. The number of nitrogens with one attached hydrogen (secondary N) is 3. The number of aromatic amines is 2. The van der Waals surface area contributed by atoms with Gasteiger partial charge in [0.15, 0.2) is 0 Å². The number of ether oxygens (including phenoxy) is 1. The Labute approximate surface area is 323 Å². The quantitative estimate of drug-likeness (QED) is 0.104. The zero-order valence-electron chi connectivity index (χ0n) is 30.4. The minimum atomic E-state index is -0.905. The topological polar surface area (TPSA) is 116 Å². The monoisotopic (exact) mass is 731 g/mol. The maximum atomic E-state index is 11.0. The number of aliphatic carboxylic acids is 1. The molecule has 0 spiro atoms. The third kappa shape index (κ3) is 6.93. The van der Waals surface area contributed by atoms with Crippen LogP contribution in [0.3, 0.4) is 0 Å². The van der Waals surface area contributed by atoms with E-state index < -0.39 is 5.97 Å². The van der Waals surface area contributed by atoms with E-state index in [4.69, 9.17) is 19.8 Å². The van der Waals surface area contributed by atoms with Gasteiger partial charge in [0, 0.05) is 50.9 Å². The first kappa shape index (κ1) is 34.5. The van der Waals surface area contributed by atoms with Gasteiger partial charge in [-0.1, -0.05) is 103 Å². The van der Waals surface area contributed by atoms with Gasteiger partial charge in [-0.05, 0) is 83.0 Å². The summed E-state index contributed by atoms with van der Waals surface area (Å²) in [6, 6.07) is 47.5. The predicted molar refractivity (Wildman–Crippen MR) is 227 cm³/mol. The number of nitrogens with zero attached hydrogens (tertiary/aromatic N) is 2. The summed E-state index contributed by atoms with van der Waals surface area (Å²) in [7, 11) is 0. The van der Waals surface area contributed by atoms with Gasteiger partial charge in [-0.3, -0.25) is 4.79 Å². The Morgan fingerprint density at radius 2 is 0.911 bits per heavy atom. The van der Waals surface area contributed by atoms with Gasteiger partial charge < -0.3 is 25.1 Å². The van der Waals surface area contributed by atoms with Crippen molar-refractivity contribution < 1.29 is 14.6 Å². The summed E-state index contributed by atoms with van der Waals surface area (Å²) in [5.74, 6) is -0.235. The molecule has 8 nitrogen and oxygen atoms in total. The fraction of sp³-hybridized carbons (Fsp3) is 0.0625. The maximum Gasteiger partial charge on any atom is 0.317 e. The molecule has 5 heterocycles. The van der Waals surface area contributed by atoms with Crippen LogP contribution in [0.2, 0.25) is 0 Å². The molecule has 2 aliphatic rings. The number of carboxylic acids is 1. The Balaban J connectivity index is 1.35. The Kier molecular flexibility index (Phi) is 9.37. The first-order valence-corrected chi connectivity index (χ1v) is 18.6. The van der Waals surface area contributed by atoms with E-state index in [-0.39, 0.29) is 6.54 Å². The smallest absolute Gasteiger partial charge is 0.317 e. The molecule has 9 rings (SSSR count). The Morgan fingerprint density at radius 1 is 0.518 bits per heavy atom. The standard InChI is InChI=1S/C48H37N5O3/c54-44(55)30-49-27-28-56-35-18-10-17-34(29-35)48-42-25-23-40(52-42)46(32-13-6-2-7-14-32)38-21-19-36(50-38)45(31-11-4-1-5-12-31)37-20-22-39(51-37)47(33-15-8-3-9-16-33)41-24-26-43(48)53-41/h1-26,29,49-50,53H,27-28,30H2,(H,54,55). The van der Waals surface area contributed by atoms with Crippen LogP contribution in [0.15, 0.2) is 140 Å². The highest BCUT2D eigenvalue weighted by molar-refractivity contribution is 5.99. The number of benzene rings is 4. The van der Waals surface area contributed by atoms with Crippen molar-refractivity contribution in [3.8, 4) is 50.3 Å². The van der Waals surface area contributed by atoms with Gasteiger partial charge in [-0.25, -0.2) is 9.97 Å². The summed E-state index contributed by atoms with van der Waals surface area (Å²) in [5.41, 5.74) is 15.0. The van der Waals surface area contributed by atoms with Crippen LogP contribution in [-0.2, 0) is 4.79 Å². The first-order chi connectivity index (χ1) is 27.6. The maximum absolute atomic E-state index is 11.0. The van der Waals surface area contributed by atoms with E-state index in [1.165, 1.54) is 0 Å². The molecule has 0 amide bonds. The van der Waals surface area contributed by atoms with Gasteiger partial charge in [0.1, 0.15) is 12.4 Å². The summed E-state index contributed by atoms with van der Waals surface area (Å²) in [6.07, 6.45) is 8.37. The fourth-order valence-electron chi connectivity index (χ4n) is 7.41. The van der Waals surface area contributed by atoms with Crippen LogP contribution < -0.4 is 10.1 Å². The summed E-state index contributed by atoms with van der Waals surface area (Å²) in [5, 5.41) is 11.9. The third-order valence-corrected chi connectivity index (χ3v) is 9.89. The van der Waals surface area contributed by atoms with Gasteiger partial charge in [-0.2, -0.15) is 0 Å². The lowest BCUT2D eigenvalue weighted by molar-refractivity contribution is -0.135. The number of fused-ring (bicyclic) bond motifs is 8. The number of rotatable bonds is 10. The average Bonchev–Trinajstić information content (AvgIpc) is 4.07. The molecule has 0 fully saturated rings. The van der Waals surface area contributed by atoms with Crippen LogP contribution in [0, 0.1) is 0 Å². The molecule has 8 bridgehead atoms. The van der Waals surface area contributed by atoms with Crippen molar-refractivity contribution in [3.63, 3.8) is 0 Å². The lowest BCUT2D eigenvalue weighted by Crippen LogP contribution is -2.26. The number of hydrogen-bond donors (Lipinski definition) is 4. The molecule has 4 N–H and O–H groups in total. The second kappa shape index (κ2) is 15.2. The predicted octanol–water partition coefficient (Wildman–Crippen LogP) is 10.4. The summed E-state index contributed by atoms with van der Waals surface area (Å²) >= 11 is 0. The van der Waals surface area contributed by atoms with Gasteiger partial charge in [-0.15, -0.1) is 0 Å². The second-order valence-corrected chi connectivity index (χ2v) is 13.5. The summed E-state index contributed by atoms with van der Waals surface area (Å²) < 4.78 is 6.09. The molecule has 3 aromatic heterocycles. The number of aromatic nitrogens is 4. The van der Waals surface area contributed by atoms with Crippen LogP contribution in [-0.4, -0.2) is 50.7 Å². The number of carboxylic acid groups (broad SMARTS) is 1. The molecule has 0 saturated heterocycles. The van der Waals surface area contributed by atoms with E-state index >= 15 is 0 Å². The Morgan fingerprint density at radius 3 is 1.32 bits per heavy atom. The SMILES string of the molecule is O=C(O)CNCCOc1cccc(-c2c3nc(c(-c4ccccc4)c4ccc([nH]4)c(-c4ccccc4)c4nc(c(-c5ccccc5)c5ccc2[nH]5)C=C4)C=C3)c1. The molecular weight excluding hydrogens is 695 g/mol. The number of carbonyl (C=O) groups is 1. The third-order valence-electron chi connectivity index (χ3n) is 9.89. The zero-order chi connectivity index (χ0) is 37.8. The molecule has 0 atom stereocenters. The highest BCUT2D eigenvalue weighted by Gasteiger charge is 2.19. The molecule has 0 aliphatic carbocycles. The van der Waals surface area contributed by atoms with Gasteiger partial charge in [0.2, 0.25) is 0 Å². The molecule has 272 valence electrons. The lowest BCUT2D eigenvalue weighted by Gasteiger charge is -2.10. The van der Waals surface area contributed by atoms with Crippen LogP contribution in [0.4, 0.5) is 0 Å². The first-order valence-electron chi connectivity index (χ1n) is 18.6. The number of hydrogen-bond acceptors (Lipinski definition) is 5. The van der Waals surface area contributed by atoms with Crippen LogP contribution in [0.25, 0.3) is 90.9 Å². The Bertz CT molecular complexity index is 2770. The molecule has 0 radical (unpaired) electrons. The van der Waals surface area contributed by atoms with Gasteiger partial charge in [0.25, 0.3) is 0 Å². The zero-order valence-corrected chi connectivity index (χ0v) is 30.4. The van der Waals surface area contributed by atoms with E-state index in [9.17, 15) is 4.79 Å². The van der Waals surface area contributed by atoms with E-state index in [1.807, 2.05) is 60.7 Å². The van der Waals surface area contributed by atoms with Crippen molar-refractivity contribution in [2.45, 2.75) is 0 Å². The molecular formula is C48H37N5O3. The fourth-order valence-corrected chi connectivity index (χ4v) is 7.41. The second-order valence-electron chi connectivity index (χ2n) is 13.5. The molecule has 0 unspecified atom stereocenters. The highest BCUT2D eigenvalue weighted by Crippen LogP contribution is 2.38. The normalized spacial score (nSPS) is 11.9. The molecule has 56 heavy (non-hydrogen) atoms. The van der Waals surface area contributed by atoms with Crippen molar-refractivity contribution in [1.29, 1.82) is 0 Å². The van der Waals surface area contributed by atoms with Crippen molar-refractivity contribution >= 4 is 52.3 Å². The van der Waals surface area contributed by atoms with Gasteiger partial charge in [0.05, 0.1) is 29.3 Å².